The van der Waals surface area contributed by atoms with Gasteiger partial charge in [0.2, 0.25) is 0 Å². The summed E-state index contributed by atoms with van der Waals surface area (Å²) in [6, 6.07) is 10.3. The van der Waals surface area contributed by atoms with Gasteiger partial charge in [0.25, 0.3) is 11.6 Å². The average molecular weight is 373 g/mol. The normalized spacial score (nSPS) is 19.1. The summed E-state index contributed by atoms with van der Waals surface area (Å²) in [6.45, 7) is 1.48. The van der Waals surface area contributed by atoms with Gasteiger partial charge in [-0.25, -0.2) is 9.18 Å². The van der Waals surface area contributed by atoms with E-state index >= 15 is 0 Å². The SMILES string of the molecule is CC1(c2ccc(F)cc2)NC(=O)N(CCOc2cccc([N+](=O)[O-])c2)C1=O. The number of imide groups is 1. The molecule has 0 aromatic heterocycles. The molecule has 1 saturated heterocycles. The zero-order chi connectivity index (χ0) is 19.6. The van der Waals surface area contributed by atoms with Crippen molar-refractivity contribution in [2.45, 2.75) is 12.5 Å². The number of non-ortho nitro benzene ring substituents is 1. The fraction of sp³-hybridized carbons (Fsp3) is 0.222. The Hall–Kier alpha value is -3.49. The summed E-state index contributed by atoms with van der Waals surface area (Å²) in [5.74, 6) is -0.666. The van der Waals surface area contributed by atoms with E-state index in [9.17, 15) is 24.1 Å². The number of benzene rings is 2. The Morgan fingerprint density at radius 1 is 1.22 bits per heavy atom. The van der Waals surface area contributed by atoms with Crippen LogP contribution in [0.15, 0.2) is 48.5 Å². The Morgan fingerprint density at radius 3 is 2.59 bits per heavy atom. The predicted octanol–water partition coefficient (Wildman–Crippen LogP) is 2.58. The summed E-state index contributed by atoms with van der Waals surface area (Å²) in [6.07, 6.45) is 0. The van der Waals surface area contributed by atoms with Crippen molar-refractivity contribution in [3.63, 3.8) is 0 Å². The first-order valence-electron chi connectivity index (χ1n) is 8.08. The molecular weight excluding hydrogens is 357 g/mol. The third-order valence-electron chi connectivity index (χ3n) is 4.31. The summed E-state index contributed by atoms with van der Waals surface area (Å²) >= 11 is 0. The number of urea groups is 1. The lowest BCUT2D eigenvalue weighted by Crippen LogP contribution is -2.41. The Balaban J connectivity index is 1.66. The van der Waals surface area contributed by atoms with Crippen molar-refractivity contribution in [1.82, 2.24) is 10.2 Å². The Labute approximate surface area is 153 Å². The van der Waals surface area contributed by atoms with E-state index < -0.39 is 28.2 Å². The van der Waals surface area contributed by atoms with Crippen LogP contribution in [0.1, 0.15) is 12.5 Å². The number of ether oxygens (including phenoxy) is 1. The number of carbonyl (C=O) groups excluding carboxylic acids is 2. The number of hydrogen-bond donors (Lipinski definition) is 1. The standard InChI is InChI=1S/C18H16FN3O5/c1-18(12-5-7-13(19)8-6-12)16(23)21(17(24)20-18)9-10-27-15-4-2-3-14(11-15)22(25)26/h2-8,11H,9-10H2,1H3,(H,20,24). The van der Waals surface area contributed by atoms with Gasteiger partial charge in [-0.1, -0.05) is 18.2 Å². The Bertz CT molecular complexity index is 902. The molecule has 27 heavy (non-hydrogen) atoms. The highest BCUT2D eigenvalue weighted by molar-refractivity contribution is 6.07. The quantitative estimate of drug-likeness (QED) is 0.476. The maximum Gasteiger partial charge on any atom is 0.325 e. The smallest absolute Gasteiger partial charge is 0.325 e. The molecule has 0 radical (unpaired) electrons. The lowest BCUT2D eigenvalue weighted by molar-refractivity contribution is -0.384. The van der Waals surface area contributed by atoms with Crippen molar-refractivity contribution in [2.24, 2.45) is 0 Å². The first-order valence-corrected chi connectivity index (χ1v) is 8.08. The number of amides is 3. The minimum atomic E-state index is -1.30. The van der Waals surface area contributed by atoms with Gasteiger partial charge in [-0.15, -0.1) is 0 Å². The van der Waals surface area contributed by atoms with E-state index in [1.54, 1.807) is 13.0 Å². The van der Waals surface area contributed by atoms with Crippen molar-refractivity contribution in [3.05, 3.63) is 70.0 Å². The average Bonchev–Trinajstić information content (AvgIpc) is 2.86. The number of nitro groups is 1. The molecule has 0 saturated carbocycles. The molecule has 0 aliphatic carbocycles. The highest BCUT2D eigenvalue weighted by atomic mass is 19.1. The molecule has 1 atom stereocenters. The molecule has 8 nitrogen and oxygen atoms in total. The maximum absolute atomic E-state index is 13.1. The van der Waals surface area contributed by atoms with Crippen molar-refractivity contribution in [2.75, 3.05) is 13.2 Å². The fourth-order valence-corrected chi connectivity index (χ4v) is 2.82. The molecule has 3 rings (SSSR count). The van der Waals surface area contributed by atoms with Crippen LogP contribution in [-0.2, 0) is 10.3 Å². The lowest BCUT2D eigenvalue weighted by Gasteiger charge is -2.22. The molecule has 1 heterocycles. The van der Waals surface area contributed by atoms with Crippen LogP contribution < -0.4 is 10.1 Å². The van der Waals surface area contributed by atoms with Crippen LogP contribution in [0.25, 0.3) is 0 Å². The Morgan fingerprint density at radius 2 is 1.93 bits per heavy atom. The number of carbonyl (C=O) groups is 2. The zero-order valence-electron chi connectivity index (χ0n) is 14.3. The molecule has 2 aromatic rings. The van der Waals surface area contributed by atoms with E-state index in [1.165, 1.54) is 42.5 Å². The maximum atomic E-state index is 13.1. The largest absolute Gasteiger partial charge is 0.491 e. The van der Waals surface area contributed by atoms with Crippen molar-refractivity contribution >= 4 is 17.6 Å². The molecule has 9 heteroatoms. The number of nitro benzene ring substituents is 1. The van der Waals surface area contributed by atoms with Crippen LogP contribution in [0.4, 0.5) is 14.9 Å². The van der Waals surface area contributed by atoms with Crippen LogP contribution in [-0.4, -0.2) is 34.9 Å². The summed E-state index contributed by atoms with van der Waals surface area (Å²) in [5, 5.41) is 13.4. The number of hydrogen-bond acceptors (Lipinski definition) is 5. The van der Waals surface area contributed by atoms with Gasteiger partial charge in [0.1, 0.15) is 23.7 Å². The van der Waals surface area contributed by atoms with E-state index in [-0.39, 0.29) is 24.6 Å². The molecular formula is C18H16FN3O5. The van der Waals surface area contributed by atoms with Gasteiger partial charge < -0.3 is 10.1 Å². The van der Waals surface area contributed by atoms with Gasteiger partial charge in [-0.3, -0.25) is 19.8 Å². The number of nitrogens with zero attached hydrogens (tertiary/aromatic N) is 2. The van der Waals surface area contributed by atoms with Gasteiger partial charge in [-0.2, -0.15) is 0 Å². The summed E-state index contributed by atoms with van der Waals surface area (Å²) in [5.41, 5.74) is -0.952. The van der Waals surface area contributed by atoms with Crippen LogP contribution in [0.5, 0.6) is 5.75 Å². The van der Waals surface area contributed by atoms with Gasteiger partial charge in [0.05, 0.1) is 17.5 Å². The summed E-state index contributed by atoms with van der Waals surface area (Å²) in [7, 11) is 0. The van der Waals surface area contributed by atoms with Gasteiger partial charge in [0.15, 0.2) is 0 Å². The van der Waals surface area contributed by atoms with Crippen LogP contribution in [0.3, 0.4) is 0 Å². The van der Waals surface area contributed by atoms with E-state index in [4.69, 9.17) is 4.74 Å². The molecule has 1 N–H and O–H groups in total. The number of nitrogens with one attached hydrogen (secondary N) is 1. The molecule has 2 aromatic carbocycles. The van der Waals surface area contributed by atoms with Gasteiger partial charge in [0, 0.05) is 6.07 Å². The first kappa shape index (κ1) is 18.3. The van der Waals surface area contributed by atoms with Crippen LogP contribution >= 0.6 is 0 Å². The number of halogens is 1. The highest BCUT2D eigenvalue weighted by Crippen LogP contribution is 2.29. The van der Waals surface area contributed by atoms with E-state index in [0.717, 1.165) is 4.90 Å². The second kappa shape index (κ2) is 7.02. The zero-order valence-corrected chi connectivity index (χ0v) is 14.3. The van der Waals surface area contributed by atoms with E-state index in [2.05, 4.69) is 5.32 Å². The summed E-state index contributed by atoms with van der Waals surface area (Å²) < 4.78 is 18.5. The molecule has 3 amide bonds. The summed E-state index contributed by atoms with van der Waals surface area (Å²) in [4.78, 5) is 36.1. The third-order valence-corrected chi connectivity index (χ3v) is 4.31. The molecule has 140 valence electrons. The third kappa shape index (κ3) is 3.57. The molecule has 1 aliphatic rings. The molecule has 1 aliphatic heterocycles. The number of rotatable bonds is 6. The first-order chi connectivity index (χ1) is 12.8. The van der Waals surface area contributed by atoms with Gasteiger partial charge in [-0.05, 0) is 30.7 Å². The van der Waals surface area contributed by atoms with E-state index in [0.29, 0.717) is 5.56 Å². The molecule has 0 bridgehead atoms. The van der Waals surface area contributed by atoms with Crippen molar-refractivity contribution in [1.29, 1.82) is 0 Å². The highest BCUT2D eigenvalue weighted by Gasteiger charge is 2.48. The second-order valence-corrected chi connectivity index (χ2v) is 6.12. The molecule has 1 fully saturated rings. The minimum Gasteiger partial charge on any atom is -0.491 e. The van der Waals surface area contributed by atoms with Gasteiger partial charge >= 0.3 is 6.03 Å². The monoisotopic (exact) mass is 373 g/mol. The molecule has 1 unspecified atom stereocenters. The Kier molecular flexibility index (Phi) is 4.76. The lowest BCUT2D eigenvalue weighted by atomic mass is 9.92. The van der Waals surface area contributed by atoms with Crippen LogP contribution in [0, 0.1) is 15.9 Å². The second-order valence-electron chi connectivity index (χ2n) is 6.12. The van der Waals surface area contributed by atoms with E-state index in [1.807, 2.05) is 0 Å². The van der Waals surface area contributed by atoms with Crippen LogP contribution in [0.2, 0.25) is 0 Å². The minimum absolute atomic E-state index is 0.0280. The topological polar surface area (TPSA) is 102 Å². The molecule has 0 spiro atoms. The van der Waals surface area contributed by atoms with Crippen molar-refractivity contribution < 1.29 is 23.6 Å². The predicted molar refractivity (Wildman–Crippen MR) is 92.6 cm³/mol. The fourth-order valence-electron chi connectivity index (χ4n) is 2.82. The van der Waals surface area contributed by atoms with Crippen molar-refractivity contribution in [3.8, 4) is 5.75 Å².